The number of nitrogens with zero attached hydrogens (tertiary/aromatic N) is 1. The van der Waals surface area contributed by atoms with E-state index in [4.69, 9.17) is 0 Å². The molecule has 2 aromatic carbocycles. The number of carbonyl (C=O) groups excluding carboxylic acids is 3. The first-order valence-electron chi connectivity index (χ1n) is 10.0. The molecule has 3 amide bonds. The van der Waals surface area contributed by atoms with Gasteiger partial charge < -0.3 is 15.5 Å². The Morgan fingerprint density at radius 1 is 1.00 bits per heavy atom. The zero-order valence-corrected chi connectivity index (χ0v) is 18.1. The summed E-state index contributed by atoms with van der Waals surface area (Å²) in [7, 11) is 0. The molecule has 7 heteroatoms. The molecule has 1 saturated heterocycles. The smallest absolute Gasteiger partial charge is 0.230 e. The molecule has 1 aliphatic heterocycles. The van der Waals surface area contributed by atoms with Gasteiger partial charge in [-0.05, 0) is 48.7 Å². The number of amides is 3. The number of nitrogens with one attached hydrogen (secondary N) is 2. The molecule has 2 atom stereocenters. The summed E-state index contributed by atoms with van der Waals surface area (Å²) in [6.07, 6.45) is 0.133. The van der Waals surface area contributed by atoms with Gasteiger partial charge in [0.15, 0.2) is 0 Å². The number of hydrogen-bond donors (Lipinski definition) is 2. The van der Waals surface area contributed by atoms with Crippen LogP contribution in [0.3, 0.4) is 0 Å². The average molecular weight is 434 g/mol. The number of benzene rings is 2. The molecule has 3 aromatic rings. The lowest BCUT2D eigenvalue weighted by atomic mass is 9.97. The van der Waals surface area contributed by atoms with E-state index in [9.17, 15) is 14.4 Å². The molecule has 6 nitrogen and oxygen atoms in total. The van der Waals surface area contributed by atoms with E-state index in [1.165, 1.54) is 18.3 Å². The average Bonchev–Trinajstić information content (AvgIpc) is 3.36. The maximum Gasteiger partial charge on any atom is 0.230 e. The van der Waals surface area contributed by atoms with Crippen LogP contribution in [0.15, 0.2) is 66.0 Å². The van der Waals surface area contributed by atoms with Crippen molar-refractivity contribution in [2.45, 2.75) is 26.3 Å². The van der Waals surface area contributed by atoms with Crippen LogP contribution in [0.1, 0.15) is 29.8 Å². The maximum absolute atomic E-state index is 13.3. The highest BCUT2D eigenvalue weighted by Crippen LogP contribution is 2.43. The van der Waals surface area contributed by atoms with E-state index >= 15 is 0 Å². The van der Waals surface area contributed by atoms with E-state index < -0.39 is 5.92 Å². The Morgan fingerprint density at radius 2 is 1.71 bits per heavy atom. The number of rotatable bonds is 5. The van der Waals surface area contributed by atoms with Crippen LogP contribution in [0.4, 0.5) is 17.1 Å². The van der Waals surface area contributed by atoms with Gasteiger partial charge in [0.25, 0.3) is 0 Å². The fourth-order valence-electron chi connectivity index (χ4n) is 3.88. The fourth-order valence-corrected chi connectivity index (χ4v) is 4.76. The Balaban J connectivity index is 1.62. The van der Waals surface area contributed by atoms with E-state index in [2.05, 4.69) is 10.6 Å². The van der Waals surface area contributed by atoms with Gasteiger partial charge in [-0.15, -0.1) is 11.3 Å². The zero-order chi connectivity index (χ0) is 22.0. The summed E-state index contributed by atoms with van der Waals surface area (Å²) in [6.45, 7) is 3.43. The first-order valence-corrected chi connectivity index (χ1v) is 10.9. The second kappa shape index (κ2) is 8.73. The van der Waals surface area contributed by atoms with Gasteiger partial charge in [-0.25, -0.2) is 0 Å². The predicted octanol–water partition coefficient (Wildman–Crippen LogP) is 4.75. The van der Waals surface area contributed by atoms with Crippen molar-refractivity contribution >= 4 is 46.1 Å². The minimum absolute atomic E-state index is 0.0746. The lowest BCUT2D eigenvalue weighted by Gasteiger charge is -2.27. The molecular weight excluding hydrogens is 410 g/mol. The van der Waals surface area contributed by atoms with Crippen LogP contribution in [0, 0.1) is 12.8 Å². The van der Waals surface area contributed by atoms with Crippen LogP contribution >= 0.6 is 11.3 Å². The van der Waals surface area contributed by atoms with Crippen molar-refractivity contribution in [1.82, 2.24) is 0 Å². The highest BCUT2D eigenvalue weighted by molar-refractivity contribution is 7.10. The largest absolute Gasteiger partial charge is 0.326 e. The molecule has 31 heavy (non-hydrogen) atoms. The standard InChI is InChI=1S/C24H23N3O3S/c1-15-8-10-19(11-9-15)27-22(29)14-20(23(27)21-7-4-12-31-21)24(30)26-18-6-3-5-17(13-18)25-16(2)28/h3-13,20,23H,14H2,1-2H3,(H,25,28)(H,26,30). The Morgan fingerprint density at radius 3 is 2.35 bits per heavy atom. The van der Waals surface area contributed by atoms with E-state index in [1.807, 2.05) is 48.7 Å². The van der Waals surface area contributed by atoms with Gasteiger partial charge in [-0.1, -0.05) is 29.8 Å². The Labute approximate surface area is 184 Å². The van der Waals surface area contributed by atoms with Gasteiger partial charge >= 0.3 is 0 Å². The van der Waals surface area contributed by atoms with Crippen molar-refractivity contribution < 1.29 is 14.4 Å². The SMILES string of the molecule is CC(=O)Nc1cccc(NC(=O)C2CC(=O)N(c3ccc(C)cc3)C2c2cccs2)c1. The molecule has 0 spiro atoms. The van der Waals surface area contributed by atoms with Crippen molar-refractivity contribution in [3.05, 3.63) is 76.5 Å². The van der Waals surface area contributed by atoms with Gasteiger partial charge in [0.1, 0.15) is 0 Å². The van der Waals surface area contributed by atoms with Gasteiger partial charge in [-0.3, -0.25) is 14.4 Å². The Hall–Kier alpha value is -3.45. The number of anilines is 3. The molecule has 1 fully saturated rings. The van der Waals surface area contributed by atoms with Crippen LogP contribution in [-0.2, 0) is 14.4 Å². The summed E-state index contributed by atoms with van der Waals surface area (Å²) in [5.74, 6) is -1.01. The third-order valence-electron chi connectivity index (χ3n) is 5.26. The predicted molar refractivity (Wildman–Crippen MR) is 123 cm³/mol. The van der Waals surface area contributed by atoms with Crippen molar-refractivity contribution in [2.24, 2.45) is 5.92 Å². The highest BCUT2D eigenvalue weighted by atomic mass is 32.1. The molecule has 0 bridgehead atoms. The first-order chi connectivity index (χ1) is 14.9. The molecular formula is C24H23N3O3S. The normalized spacial score (nSPS) is 18.1. The van der Waals surface area contributed by atoms with Crippen LogP contribution in [0.25, 0.3) is 0 Å². The van der Waals surface area contributed by atoms with E-state index in [0.29, 0.717) is 11.4 Å². The number of carbonyl (C=O) groups is 3. The number of thiophene rings is 1. The molecule has 1 aromatic heterocycles. The second-order valence-electron chi connectivity index (χ2n) is 7.62. The van der Waals surface area contributed by atoms with Crippen molar-refractivity contribution in [3.8, 4) is 0 Å². The minimum atomic E-state index is -0.531. The van der Waals surface area contributed by atoms with Crippen molar-refractivity contribution in [2.75, 3.05) is 15.5 Å². The Kier molecular flexibility index (Phi) is 5.86. The van der Waals surface area contributed by atoms with Crippen LogP contribution in [-0.4, -0.2) is 17.7 Å². The summed E-state index contributed by atoms with van der Waals surface area (Å²) in [5, 5.41) is 7.59. The molecule has 2 heterocycles. The molecule has 2 unspecified atom stereocenters. The van der Waals surface area contributed by atoms with Crippen molar-refractivity contribution in [3.63, 3.8) is 0 Å². The van der Waals surface area contributed by atoms with Crippen LogP contribution in [0.2, 0.25) is 0 Å². The third-order valence-corrected chi connectivity index (χ3v) is 6.20. The zero-order valence-electron chi connectivity index (χ0n) is 17.3. The molecule has 0 radical (unpaired) electrons. The van der Waals surface area contributed by atoms with E-state index in [0.717, 1.165) is 16.1 Å². The molecule has 1 aliphatic rings. The minimum Gasteiger partial charge on any atom is -0.326 e. The summed E-state index contributed by atoms with van der Waals surface area (Å²) < 4.78 is 0. The maximum atomic E-state index is 13.3. The van der Waals surface area contributed by atoms with Crippen LogP contribution < -0.4 is 15.5 Å². The van der Waals surface area contributed by atoms with Gasteiger partial charge in [0.05, 0.1) is 12.0 Å². The van der Waals surface area contributed by atoms with E-state index in [1.54, 1.807) is 29.2 Å². The second-order valence-corrected chi connectivity index (χ2v) is 8.60. The fraction of sp³-hybridized carbons (Fsp3) is 0.208. The Bertz CT molecular complexity index is 1110. The molecule has 158 valence electrons. The molecule has 2 N–H and O–H groups in total. The summed E-state index contributed by atoms with van der Waals surface area (Å²) in [5.41, 5.74) is 3.07. The highest BCUT2D eigenvalue weighted by Gasteiger charge is 2.45. The molecule has 0 aliphatic carbocycles. The van der Waals surface area contributed by atoms with E-state index in [-0.39, 0.29) is 30.2 Å². The van der Waals surface area contributed by atoms with Crippen molar-refractivity contribution in [1.29, 1.82) is 0 Å². The quantitative estimate of drug-likeness (QED) is 0.610. The third kappa shape index (κ3) is 4.51. The molecule has 0 saturated carbocycles. The van der Waals surface area contributed by atoms with Gasteiger partial charge in [-0.2, -0.15) is 0 Å². The number of aryl methyl sites for hydroxylation is 1. The lowest BCUT2D eigenvalue weighted by molar-refractivity contribution is -0.122. The summed E-state index contributed by atoms with van der Waals surface area (Å²) in [4.78, 5) is 40.3. The first kappa shape index (κ1) is 20.8. The van der Waals surface area contributed by atoms with Gasteiger partial charge in [0, 0.05) is 35.3 Å². The topological polar surface area (TPSA) is 78.5 Å². The molecule has 4 rings (SSSR count). The summed E-state index contributed by atoms with van der Waals surface area (Å²) >= 11 is 1.54. The number of hydrogen-bond acceptors (Lipinski definition) is 4. The van der Waals surface area contributed by atoms with Gasteiger partial charge in [0.2, 0.25) is 17.7 Å². The lowest BCUT2D eigenvalue weighted by Crippen LogP contribution is -2.32. The summed E-state index contributed by atoms with van der Waals surface area (Å²) in [6, 6.07) is 18.3. The van der Waals surface area contributed by atoms with Crippen LogP contribution in [0.5, 0.6) is 0 Å². The monoisotopic (exact) mass is 433 g/mol.